The van der Waals surface area contributed by atoms with Gasteiger partial charge in [-0.3, -0.25) is 19.5 Å². The van der Waals surface area contributed by atoms with Gasteiger partial charge in [-0.15, -0.1) is 0 Å². The number of amides is 3. The van der Waals surface area contributed by atoms with Crippen LogP contribution < -0.4 is 5.32 Å². The molecule has 2 fully saturated rings. The van der Waals surface area contributed by atoms with Crippen molar-refractivity contribution in [2.75, 3.05) is 13.1 Å². The third-order valence-corrected chi connectivity index (χ3v) is 4.19. The number of hydrogen-bond donors (Lipinski definition) is 1. The van der Waals surface area contributed by atoms with Crippen LogP contribution in [0.25, 0.3) is 0 Å². The number of piperidine rings is 1. The molecule has 2 unspecified atom stereocenters. The minimum absolute atomic E-state index is 0.157. The molecule has 0 saturated carbocycles. The summed E-state index contributed by atoms with van der Waals surface area (Å²) < 4.78 is 3.55. The highest BCUT2D eigenvalue weighted by Crippen LogP contribution is 2.36. The molecule has 0 aromatic heterocycles. The zero-order valence-electron chi connectivity index (χ0n) is 7.69. The summed E-state index contributed by atoms with van der Waals surface area (Å²) in [4.78, 5) is 23.0. The summed E-state index contributed by atoms with van der Waals surface area (Å²) >= 11 is 0. The maximum absolute atomic E-state index is 11.7. The van der Waals surface area contributed by atoms with Crippen molar-refractivity contribution in [1.82, 2.24) is 14.7 Å². The number of hydrogen-bond acceptors (Lipinski definition) is 3. The second kappa shape index (κ2) is 3.41. The highest BCUT2D eigenvalue weighted by atomic mass is 31.0. The molecule has 0 aromatic rings. The van der Waals surface area contributed by atoms with Gasteiger partial charge in [0, 0.05) is 13.1 Å². The Bertz CT molecular complexity index is 289. The van der Waals surface area contributed by atoms with Crippen LogP contribution in [0.5, 0.6) is 0 Å². The molecule has 3 amide bonds. The normalized spacial score (nSPS) is 27.1. The summed E-state index contributed by atoms with van der Waals surface area (Å²) in [6.45, 7) is 1.63. The van der Waals surface area contributed by atoms with Gasteiger partial charge in [-0.1, -0.05) is 9.39 Å². The second-order valence-electron chi connectivity index (χ2n) is 3.70. The van der Waals surface area contributed by atoms with E-state index in [1.54, 1.807) is 0 Å². The third kappa shape index (κ3) is 1.35. The van der Waals surface area contributed by atoms with Crippen molar-refractivity contribution in [2.45, 2.75) is 18.4 Å². The Morgan fingerprint density at radius 1 is 1.21 bits per heavy atom. The van der Waals surface area contributed by atoms with Gasteiger partial charge in [0.2, 0.25) is 0 Å². The number of nitrogens with one attached hydrogen (secondary N) is 1. The molecule has 1 N–H and O–H groups in total. The van der Waals surface area contributed by atoms with Gasteiger partial charge >= 0.3 is 6.03 Å². The van der Waals surface area contributed by atoms with Crippen LogP contribution in [0.2, 0.25) is 0 Å². The van der Waals surface area contributed by atoms with E-state index in [1.165, 1.54) is 4.67 Å². The van der Waals surface area contributed by atoms with E-state index >= 15 is 0 Å². The maximum Gasteiger partial charge on any atom is 0.327 e. The van der Waals surface area contributed by atoms with Crippen LogP contribution >= 0.6 is 18.8 Å². The molecular formula is C7H13N3O2P2. The lowest BCUT2D eigenvalue weighted by Gasteiger charge is -2.38. The predicted molar refractivity (Wildman–Crippen MR) is 58.3 cm³/mol. The van der Waals surface area contributed by atoms with Gasteiger partial charge in [0.1, 0.15) is 5.54 Å². The Morgan fingerprint density at radius 2 is 1.79 bits per heavy atom. The van der Waals surface area contributed by atoms with E-state index in [0.29, 0.717) is 12.8 Å². The first kappa shape index (κ1) is 10.3. The Labute approximate surface area is 87.1 Å². The third-order valence-electron chi connectivity index (χ3n) is 2.95. The lowest BCUT2D eigenvalue weighted by molar-refractivity contribution is -0.126. The zero-order chi connectivity index (χ0) is 10.3. The summed E-state index contributed by atoms with van der Waals surface area (Å²) in [6.07, 6.45) is 1.38. The van der Waals surface area contributed by atoms with Crippen molar-refractivity contribution in [1.29, 1.82) is 0 Å². The fourth-order valence-corrected chi connectivity index (χ4v) is 2.64. The lowest BCUT2D eigenvalue weighted by atomic mass is 9.89. The summed E-state index contributed by atoms with van der Waals surface area (Å²) in [5.41, 5.74) is -0.616. The Hall–Kier alpha value is -0.240. The predicted octanol–water partition coefficient (Wildman–Crippen LogP) is -0.0470. The Kier molecular flexibility index (Phi) is 2.50. The number of carbonyl (C=O) groups excluding carboxylic acids is 2. The summed E-state index contributed by atoms with van der Waals surface area (Å²) in [7, 11) is 4.96. The highest BCUT2D eigenvalue weighted by Gasteiger charge is 2.52. The molecule has 7 heteroatoms. The smallest absolute Gasteiger partial charge is 0.294 e. The van der Waals surface area contributed by atoms with Crippen LogP contribution in [0.15, 0.2) is 0 Å². The molecule has 2 saturated heterocycles. The number of urea groups is 1. The first-order valence-corrected chi connectivity index (χ1v) is 5.49. The van der Waals surface area contributed by atoms with Crippen molar-refractivity contribution in [2.24, 2.45) is 0 Å². The first-order valence-electron chi connectivity index (χ1n) is 4.46. The molecule has 0 aromatic carbocycles. The molecule has 0 bridgehead atoms. The monoisotopic (exact) mass is 233 g/mol. The fourth-order valence-electron chi connectivity index (χ4n) is 1.94. The number of carbonyl (C=O) groups is 2. The van der Waals surface area contributed by atoms with E-state index in [2.05, 4.69) is 28.8 Å². The molecule has 2 atom stereocenters. The molecule has 1 spiro atoms. The van der Waals surface area contributed by atoms with Gasteiger partial charge in [0.05, 0.1) is 0 Å². The van der Waals surface area contributed by atoms with Crippen molar-refractivity contribution in [3.05, 3.63) is 0 Å². The van der Waals surface area contributed by atoms with Gasteiger partial charge in [-0.25, -0.2) is 4.79 Å². The van der Waals surface area contributed by atoms with Gasteiger partial charge in [-0.2, -0.15) is 0 Å². The average Bonchev–Trinajstić information content (AvgIpc) is 2.36. The molecule has 2 aliphatic rings. The van der Waals surface area contributed by atoms with Crippen LogP contribution in [0.4, 0.5) is 4.79 Å². The zero-order valence-corrected chi connectivity index (χ0v) is 10.0. The summed E-state index contributed by atoms with van der Waals surface area (Å²) in [5.74, 6) is -0.157. The van der Waals surface area contributed by atoms with Gasteiger partial charge < -0.3 is 0 Å². The molecule has 14 heavy (non-hydrogen) atoms. The second-order valence-corrected chi connectivity index (χ2v) is 4.94. The highest BCUT2D eigenvalue weighted by molar-refractivity contribution is 7.15. The average molecular weight is 233 g/mol. The van der Waals surface area contributed by atoms with E-state index in [9.17, 15) is 9.59 Å². The van der Waals surface area contributed by atoms with Crippen LogP contribution in [0, 0.1) is 0 Å². The Balaban J connectivity index is 2.22. The quantitative estimate of drug-likeness (QED) is 0.471. The number of nitrogens with zero attached hydrogens (tertiary/aromatic N) is 2. The molecule has 5 nitrogen and oxygen atoms in total. The van der Waals surface area contributed by atoms with Gasteiger partial charge in [0.15, 0.2) is 0 Å². The summed E-state index contributed by atoms with van der Waals surface area (Å²) in [6, 6.07) is -0.308. The molecular weight excluding hydrogens is 220 g/mol. The molecule has 2 rings (SSSR count). The maximum atomic E-state index is 11.7. The largest absolute Gasteiger partial charge is 0.327 e. The fraction of sp³-hybridized carbons (Fsp3) is 0.714. The number of imide groups is 1. The van der Waals surface area contributed by atoms with Gasteiger partial charge in [-0.05, 0) is 22.2 Å². The van der Waals surface area contributed by atoms with E-state index < -0.39 is 5.54 Å². The molecule has 2 aliphatic heterocycles. The molecule has 0 radical (unpaired) electrons. The Morgan fingerprint density at radius 3 is 2.21 bits per heavy atom. The first-order chi connectivity index (χ1) is 6.56. The van der Waals surface area contributed by atoms with Crippen molar-refractivity contribution in [3.63, 3.8) is 0 Å². The molecule has 78 valence electrons. The van der Waals surface area contributed by atoms with E-state index in [1.807, 2.05) is 0 Å². The van der Waals surface area contributed by atoms with Gasteiger partial charge in [0.25, 0.3) is 5.91 Å². The van der Waals surface area contributed by atoms with Crippen LogP contribution in [-0.2, 0) is 4.79 Å². The van der Waals surface area contributed by atoms with Crippen LogP contribution in [0.3, 0.4) is 0 Å². The van der Waals surface area contributed by atoms with Crippen LogP contribution in [0.1, 0.15) is 12.8 Å². The summed E-state index contributed by atoms with van der Waals surface area (Å²) in [5, 5.41) is 2.34. The van der Waals surface area contributed by atoms with Crippen molar-refractivity contribution < 1.29 is 9.59 Å². The minimum atomic E-state index is -0.616. The van der Waals surface area contributed by atoms with E-state index in [4.69, 9.17) is 0 Å². The van der Waals surface area contributed by atoms with Crippen molar-refractivity contribution >= 4 is 30.7 Å². The topological polar surface area (TPSA) is 52.7 Å². The minimum Gasteiger partial charge on any atom is -0.294 e. The molecule has 2 heterocycles. The molecule has 0 aliphatic carbocycles. The van der Waals surface area contributed by atoms with Crippen molar-refractivity contribution in [3.8, 4) is 0 Å². The lowest BCUT2D eigenvalue weighted by Crippen LogP contribution is -2.51. The number of rotatable bonds is 0. The SMILES string of the molecule is O=C1NC(=O)C2(CCN(P)CC2)N1P. The standard InChI is InChI=1S/C7H13N3O2P2/c11-5-7(10(14)6(12)8-5)1-3-9(13)4-2-7/h1-4,13-14H2,(H,8,11,12). The van der Waals surface area contributed by atoms with Crippen LogP contribution in [-0.4, -0.2) is 39.9 Å². The van der Waals surface area contributed by atoms with E-state index in [-0.39, 0.29) is 11.9 Å². The van der Waals surface area contributed by atoms with E-state index in [0.717, 1.165) is 13.1 Å².